The Hall–Kier alpha value is -1.31. The molecule has 2 aromatic carbocycles. The van der Waals surface area contributed by atoms with E-state index in [-0.39, 0.29) is 0 Å². The number of benzene rings is 2. The average Bonchev–Trinajstić information content (AvgIpc) is 2.64. The second kappa shape index (κ2) is 7.29. The third kappa shape index (κ3) is 3.68. The van der Waals surface area contributed by atoms with Gasteiger partial charge in [-0.15, -0.1) is 0 Å². The molecule has 2 aliphatic rings. The van der Waals surface area contributed by atoms with Crippen LogP contribution >= 0.6 is 11.6 Å². The lowest BCUT2D eigenvalue weighted by Gasteiger charge is -2.40. The zero-order chi connectivity index (χ0) is 16.4. The topological polar surface area (TPSA) is 3.24 Å². The van der Waals surface area contributed by atoms with Gasteiger partial charge in [0.05, 0.1) is 0 Å². The van der Waals surface area contributed by atoms with Crippen molar-refractivity contribution in [2.24, 2.45) is 5.92 Å². The summed E-state index contributed by atoms with van der Waals surface area (Å²) in [6.07, 6.45) is 7.71. The molecule has 1 nitrogen and oxygen atoms in total. The van der Waals surface area contributed by atoms with Crippen molar-refractivity contribution >= 4 is 11.6 Å². The Morgan fingerprint density at radius 3 is 2.33 bits per heavy atom. The molecule has 1 unspecified atom stereocenters. The number of likely N-dealkylation sites (tertiary alicyclic amines) is 1. The van der Waals surface area contributed by atoms with E-state index in [0.29, 0.717) is 0 Å². The Morgan fingerprint density at radius 2 is 1.58 bits per heavy atom. The van der Waals surface area contributed by atoms with Gasteiger partial charge in [0, 0.05) is 11.1 Å². The lowest BCUT2D eigenvalue weighted by molar-refractivity contribution is 0.122. The molecule has 1 atom stereocenters. The molecular weight excluding hydrogens is 314 g/mol. The van der Waals surface area contributed by atoms with E-state index in [4.69, 9.17) is 11.6 Å². The fourth-order valence-electron chi connectivity index (χ4n) is 4.47. The smallest absolute Gasteiger partial charge is 0.0406 e. The molecule has 1 fully saturated rings. The molecule has 0 amide bonds. The van der Waals surface area contributed by atoms with E-state index in [1.165, 1.54) is 57.2 Å². The maximum absolute atomic E-state index is 5.99. The molecule has 0 bridgehead atoms. The normalized spacial score (nSPS) is 22.3. The molecule has 1 heterocycles. The van der Waals surface area contributed by atoms with Gasteiger partial charge in [0.2, 0.25) is 0 Å². The van der Waals surface area contributed by atoms with Crippen molar-refractivity contribution in [3.05, 3.63) is 70.2 Å². The minimum atomic E-state index is 0.761. The summed E-state index contributed by atoms with van der Waals surface area (Å²) in [5.41, 5.74) is 4.59. The predicted molar refractivity (Wildman–Crippen MR) is 102 cm³/mol. The van der Waals surface area contributed by atoms with Crippen molar-refractivity contribution < 1.29 is 0 Å². The zero-order valence-electron chi connectivity index (χ0n) is 14.3. The molecule has 4 rings (SSSR count). The monoisotopic (exact) mass is 339 g/mol. The Bertz CT molecular complexity index is 671. The molecule has 0 aromatic heterocycles. The lowest BCUT2D eigenvalue weighted by atomic mass is 9.85. The number of aryl methyl sites for hydroxylation is 1. The summed E-state index contributed by atoms with van der Waals surface area (Å²) >= 11 is 5.99. The lowest BCUT2D eigenvalue weighted by Crippen LogP contribution is -2.44. The van der Waals surface area contributed by atoms with Crippen molar-refractivity contribution in [1.29, 1.82) is 0 Å². The van der Waals surface area contributed by atoms with E-state index in [1.807, 2.05) is 12.1 Å². The number of halogens is 1. The highest BCUT2D eigenvalue weighted by molar-refractivity contribution is 6.30. The first-order chi connectivity index (χ1) is 11.8. The molecule has 1 aliphatic heterocycles. The second-order valence-electron chi connectivity index (χ2n) is 7.48. The van der Waals surface area contributed by atoms with Gasteiger partial charge in [0.25, 0.3) is 0 Å². The molecule has 126 valence electrons. The van der Waals surface area contributed by atoms with Crippen molar-refractivity contribution in [3.8, 4) is 0 Å². The SMILES string of the molecule is Clc1ccc(CC2CCN(C3CCc4ccccc4C3)CC2)cc1. The van der Waals surface area contributed by atoms with Crippen LogP contribution in [0, 0.1) is 5.92 Å². The van der Waals surface area contributed by atoms with E-state index in [2.05, 4.69) is 41.3 Å². The van der Waals surface area contributed by atoms with Crippen LogP contribution in [-0.4, -0.2) is 24.0 Å². The first-order valence-electron chi connectivity index (χ1n) is 9.33. The minimum absolute atomic E-state index is 0.761. The van der Waals surface area contributed by atoms with Gasteiger partial charge in [-0.1, -0.05) is 48.0 Å². The van der Waals surface area contributed by atoms with Gasteiger partial charge in [-0.05, 0) is 86.4 Å². The summed E-state index contributed by atoms with van der Waals surface area (Å²) in [6, 6.07) is 18.2. The van der Waals surface area contributed by atoms with E-state index < -0.39 is 0 Å². The van der Waals surface area contributed by atoms with Gasteiger partial charge < -0.3 is 4.90 Å². The van der Waals surface area contributed by atoms with Gasteiger partial charge in [0.15, 0.2) is 0 Å². The maximum Gasteiger partial charge on any atom is 0.0406 e. The van der Waals surface area contributed by atoms with Crippen LogP contribution in [0.5, 0.6) is 0 Å². The van der Waals surface area contributed by atoms with Crippen LogP contribution in [0.25, 0.3) is 0 Å². The number of piperidine rings is 1. The zero-order valence-corrected chi connectivity index (χ0v) is 15.0. The highest BCUT2D eigenvalue weighted by atomic mass is 35.5. The summed E-state index contributed by atoms with van der Waals surface area (Å²) in [5, 5.41) is 0.839. The second-order valence-corrected chi connectivity index (χ2v) is 7.91. The minimum Gasteiger partial charge on any atom is -0.300 e. The molecular formula is C22H26ClN. The maximum atomic E-state index is 5.99. The van der Waals surface area contributed by atoms with Gasteiger partial charge in [-0.25, -0.2) is 0 Å². The van der Waals surface area contributed by atoms with Crippen LogP contribution in [0.1, 0.15) is 36.0 Å². The highest BCUT2D eigenvalue weighted by Gasteiger charge is 2.27. The molecule has 0 N–H and O–H groups in total. The van der Waals surface area contributed by atoms with E-state index in [1.54, 1.807) is 11.1 Å². The summed E-state index contributed by atoms with van der Waals surface area (Å²) < 4.78 is 0. The largest absolute Gasteiger partial charge is 0.300 e. The summed E-state index contributed by atoms with van der Waals surface area (Å²) in [6.45, 7) is 2.54. The predicted octanol–water partition coefficient (Wildman–Crippen LogP) is 5.15. The Morgan fingerprint density at radius 1 is 0.875 bits per heavy atom. The van der Waals surface area contributed by atoms with Crippen LogP contribution in [-0.2, 0) is 19.3 Å². The molecule has 0 radical (unpaired) electrons. The van der Waals surface area contributed by atoms with E-state index in [0.717, 1.165) is 17.0 Å². The first-order valence-corrected chi connectivity index (χ1v) is 9.71. The first kappa shape index (κ1) is 16.2. The molecule has 0 saturated carbocycles. The summed E-state index contributed by atoms with van der Waals surface area (Å²) in [4.78, 5) is 2.76. The van der Waals surface area contributed by atoms with Crippen LogP contribution in [0.4, 0.5) is 0 Å². The van der Waals surface area contributed by atoms with Gasteiger partial charge in [-0.2, -0.15) is 0 Å². The fraction of sp³-hybridized carbons (Fsp3) is 0.455. The fourth-order valence-corrected chi connectivity index (χ4v) is 4.59. The average molecular weight is 340 g/mol. The van der Waals surface area contributed by atoms with Crippen molar-refractivity contribution in [2.75, 3.05) is 13.1 Å². The van der Waals surface area contributed by atoms with Gasteiger partial charge in [-0.3, -0.25) is 0 Å². The highest BCUT2D eigenvalue weighted by Crippen LogP contribution is 2.29. The van der Waals surface area contributed by atoms with E-state index in [9.17, 15) is 0 Å². The number of fused-ring (bicyclic) bond motifs is 1. The Labute approximate surface area is 150 Å². The summed E-state index contributed by atoms with van der Waals surface area (Å²) in [7, 11) is 0. The summed E-state index contributed by atoms with van der Waals surface area (Å²) in [5.74, 6) is 0.832. The van der Waals surface area contributed by atoms with Crippen LogP contribution in [0.2, 0.25) is 5.02 Å². The molecule has 0 spiro atoms. The van der Waals surface area contributed by atoms with Crippen molar-refractivity contribution in [1.82, 2.24) is 4.90 Å². The Kier molecular flexibility index (Phi) is 4.91. The molecule has 1 aliphatic carbocycles. The van der Waals surface area contributed by atoms with Gasteiger partial charge in [0.1, 0.15) is 0 Å². The molecule has 2 aromatic rings. The quantitative estimate of drug-likeness (QED) is 0.747. The van der Waals surface area contributed by atoms with Crippen molar-refractivity contribution in [3.63, 3.8) is 0 Å². The Balaban J connectivity index is 1.31. The number of hydrogen-bond acceptors (Lipinski definition) is 1. The standard InChI is InChI=1S/C22H26ClN/c23-21-8-5-17(6-9-21)15-18-11-13-24(14-12-18)22-10-7-19-3-1-2-4-20(19)16-22/h1-6,8-9,18,22H,7,10-16H2. The van der Waals surface area contributed by atoms with Gasteiger partial charge >= 0.3 is 0 Å². The molecule has 24 heavy (non-hydrogen) atoms. The van der Waals surface area contributed by atoms with E-state index >= 15 is 0 Å². The molecule has 1 saturated heterocycles. The van der Waals surface area contributed by atoms with Crippen LogP contribution < -0.4 is 0 Å². The number of rotatable bonds is 3. The number of hydrogen-bond donors (Lipinski definition) is 0. The molecule has 2 heteroatoms. The number of nitrogens with zero attached hydrogens (tertiary/aromatic N) is 1. The van der Waals surface area contributed by atoms with Crippen molar-refractivity contribution in [2.45, 2.75) is 44.6 Å². The third-order valence-electron chi connectivity index (χ3n) is 5.92. The third-order valence-corrected chi connectivity index (χ3v) is 6.18. The van der Waals surface area contributed by atoms with Crippen LogP contribution in [0.15, 0.2) is 48.5 Å². The van der Waals surface area contributed by atoms with Crippen LogP contribution in [0.3, 0.4) is 0 Å².